The minimum Gasteiger partial charge on any atom is -0.481 e. The molecule has 0 bridgehead atoms. The lowest BCUT2D eigenvalue weighted by Crippen LogP contribution is -2.10. The molecule has 2 rings (SSSR count). The van der Waals surface area contributed by atoms with E-state index in [0.29, 0.717) is 5.56 Å². The summed E-state index contributed by atoms with van der Waals surface area (Å²) in [5, 5.41) is 8.91. The molecule has 0 spiro atoms. The minimum absolute atomic E-state index is 0.0629. The number of carboxylic acids is 1. The molecular formula is C15H14O5S. The summed E-state index contributed by atoms with van der Waals surface area (Å²) in [6.07, 6.45) is 0. The fraction of sp³-hybridized carbons (Fsp3) is 0.133. The van der Waals surface area contributed by atoms with E-state index >= 15 is 0 Å². The average molecular weight is 306 g/mol. The first-order valence-corrected chi connectivity index (χ1v) is 7.63. The van der Waals surface area contributed by atoms with Gasteiger partial charge in [0.25, 0.3) is 0 Å². The summed E-state index contributed by atoms with van der Waals surface area (Å²) in [5.74, 6) is -1.47. The Labute approximate surface area is 122 Å². The van der Waals surface area contributed by atoms with Crippen LogP contribution in [0.25, 0.3) is 0 Å². The summed E-state index contributed by atoms with van der Waals surface area (Å²) in [4.78, 5) is 10.9. The molecule has 0 unspecified atom stereocenters. The van der Waals surface area contributed by atoms with Crippen LogP contribution in [0.1, 0.15) is 18.4 Å². The maximum absolute atomic E-state index is 12.0. The lowest BCUT2D eigenvalue weighted by atomic mass is 10.0. The molecule has 1 N–H and O–H groups in total. The fourth-order valence-electron chi connectivity index (χ4n) is 1.72. The quantitative estimate of drug-likeness (QED) is 0.859. The number of carboxylic acid groups (broad SMARTS) is 1. The van der Waals surface area contributed by atoms with Gasteiger partial charge >= 0.3 is 16.1 Å². The zero-order valence-corrected chi connectivity index (χ0v) is 12.1. The third kappa shape index (κ3) is 3.61. The van der Waals surface area contributed by atoms with Crippen LogP contribution < -0.4 is 4.18 Å². The molecule has 21 heavy (non-hydrogen) atoms. The molecule has 1 atom stereocenters. The second kappa shape index (κ2) is 5.97. The first kappa shape index (κ1) is 15.1. The van der Waals surface area contributed by atoms with Gasteiger partial charge in [-0.25, -0.2) is 0 Å². The zero-order chi connectivity index (χ0) is 15.5. The molecule has 0 heterocycles. The highest BCUT2D eigenvalue weighted by Crippen LogP contribution is 2.22. The lowest BCUT2D eigenvalue weighted by Gasteiger charge is -2.09. The Morgan fingerprint density at radius 1 is 1.05 bits per heavy atom. The van der Waals surface area contributed by atoms with Crippen LogP contribution in [0.5, 0.6) is 5.75 Å². The number of rotatable bonds is 5. The third-order valence-corrected chi connectivity index (χ3v) is 4.25. The van der Waals surface area contributed by atoms with Crippen molar-refractivity contribution in [1.82, 2.24) is 0 Å². The Bertz CT molecular complexity index is 720. The van der Waals surface area contributed by atoms with Crippen molar-refractivity contribution < 1.29 is 22.5 Å². The van der Waals surface area contributed by atoms with E-state index in [1.807, 2.05) is 0 Å². The van der Waals surface area contributed by atoms with Crippen molar-refractivity contribution in [2.45, 2.75) is 17.7 Å². The summed E-state index contributed by atoms with van der Waals surface area (Å²) in [5.41, 5.74) is 0.576. The highest BCUT2D eigenvalue weighted by molar-refractivity contribution is 7.87. The van der Waals surface area contributed by atoms with Gasteiger partial charge in [-0.3, -0.25) is 4.79 Å². The Morgan fingerprint density at radius 2 is 1.62 bits per heavy atom. The van der Waals surface area contributed by atoms with Crippen molar-refractivity contribution in [1.29, 1.82) is 0 Å². The van der Waals surface area contributed by atoms with Crippen LogP contribution in [0.4, 0.5) is 0 Å². The normalized spacial score (nSPS) is 12.6. The molecule has 0 fully saturated rings. The van der Waals surface area contributed by atoms with Crippen molar-refractivity contribution >= 4 is 16.1 Å². The van der Waals surface area contributed by atoms with Gasteiger partial charge < -0.3 is 9.29 Å². The van der Waals surface area contributed by atoms with Gasteiger partial charge in [0, 0.05) is 0 Å². The van der Waals surface area contributed by atoms with Crippen molar-refractivity contribution in [3.05, 3.63) is 60.2 Å². The topological polar surface area (TPSA) is 80.7 Å². The smallest absolute Gasteiger partial charge is 0.339 e. The molecule has 0 saturated heterocycles. The van der Waals surface area contributed by atoms with Gasteiger partial charge in [0.15, 0.2) is 0 Å². The van der Waals surface area contributed by atoms with Crippen molar-refractivity contribution in [2.24, 2.45) is 0 Å². The monoisotopic (exact) mass is 306 g/mol. The Kier molecular flexibility index (Phi) is 4.28. The second-order valence-electron chi connectivity index (χ2n) is 4.48. The Hall–Kier alpha value is -2.34. The predicted octanol–water partition coefficient (Wildman–Crippen LogP) is 2.64. The van der Waals surface area contributed by atoms with Crippen LogP contribution in [0.3, 0.4) is 0 Å². The highest BCUT2D eigenvalue weighted by Gasteiger charge is 2.17. The number of hydrogen-bond donors (Lipinski definition) is 1. The van der Waals surface area contributed by atoms with Gasteiger partial charge in [-0.05, 0) is 36.8 Å². The fourth-order valence-corrected chi connectivity index (χ4v) is 2.67. The number of benzene rings is 2. The Balaban J connectivity index is 2.19. The molecule has 5 nitrogen and oxygen atoms in total. The van der Waals surface area contributed by atoms with E-state index < -0.39 is 22.0 Å². The summed E-state index contributed by atoms with van der Waals surface area (Å²) in [7, 11) is -3.88. The molecule has 2 aromatic rings. The van der Waals surface area contributed by atoms with Gasteiger partial charge in [0.05, 0.1) is 5.92 Å². The average Bonchev–Trinajstić information content (AvgIpc) is 2.48. The van der Waals surface area contributed by atoms with Crippen molar-refractivity contribution in [3.63, 3.8) is 0 Å². The molecule has 6 heteroatoms. The van der Waals surface area contributed by atoms with E-state index in [2.05, 4.69) is 0 Å². The third-order valence-electron chi connectivity index (χ3n) is 2.99. The first-order valence-electron chi connectivity index (χ1n) is 6.22. The summed E-state index contributed by atoms with van der Waals surface area (Å²) in [6.45, 7) is 1.55. The number of aliphatic carboxylic acids is 1. The van der Waals surface area contributed by atoms with Crippen LogP contribution in [0.15, 0.2) is 59.5 Å². The van der Waals surface area contributed by atoms with Crippen LogP contribution in [-0.4, -0.2) is 19.5 Å². The van der Waals surface area contributed by atoms with Gasteiger partial charge in [0.2, 0.25) is 0 Å². The summed E-state index contributed by atoms with van der Waals surface area (Å²) < 4.78 is 29.0. The van der Waals surface area contributed by atoms with Crippen LogP contribution >= 0.6 is 0 Å². The van der Waals surface area contributed by atoms with Gasteiger partial charge in [-0.15, -0.1) is 0 Å². The van der Waals surface area contributed by atoms with E-state index in [4.69, 9.17) is 9.29 Å². The van der Waals surface area contributed by atoms with E-state index in [1.165, 1.54) is 36.4 Å². The Morgan fingerprint density at radius 3 is 2.14 bits per heavy atom. The molecule has 0 aliphatic rings. The molecule has 0 aliphatic heterocycles. The molecule has 0 aromatic heterocycles. The molecule has 0 aliphatic carbocycles. The van der Waals surface area contributed by atoms with Crippen LogP contribution in [0.2, 0.25) is 0 Å². The van der Waals surface area contributed by atoms with Gasteiger partial charge in [0.1, 0.15) is 10.6 Å². The van der Waals surface area contributed by atoms with Crippen molar-refractivity contribution in [2.75, 3.05) is 0 Å². The molecule has 2 aromatic carbocycles. The maximum atomic E-state index is 12.0. The van der Waals surface area contributed by atoms with Crippen LogP contribution in [0, 0.1) is 0 Å². The summed E-state index contributed by atoms with van der Waals surface area (Å²) in [6, 6.07) is 13.8. The maximum Gasteiger partial charge on any atom is 0.339 e. The molecule has 0 saturated carbocycles. The molecule has 0 amide bonds. The van der Waals surface area contributed by atoms with Gasteiger partial charge in [-0.2, -0.15) is 8.42 Å². The molecule has 110 valence electrons. The zero-order valence-electron chi connectivity index (χ0n) is 11.3. The largest absolute Gasteiger partial charge is 0.481 e. The number of carbonyl (C=O) groups is 1. The SMILES string of the molecule is C[C@@H](C(=O)O)c1ccc(OS(=O)(=O)c2ccccc2)cc1. The predicted molar refractivity (Wildman–Crippen MR) is 76.7 cm³/mol. The van der Waals surface area contributed by atoms with E-state index in [1.54, 1.807) is 25.1 Å². The van der Waals surface area contributed by atoms with E-state index in [0.717, 1.165) is 0 Å². The van der Waals surface area contributed by atoms with Crippen molar-refractivity contribution in [3.8, 4) is 5.75 Å². The first-order chi connectivity index (χ1) is 9.90. The molecule has 0 radical (unpaired) electrons. The second-order valence-corrected chi connectivity index (χ2v) is 6.03. The highest BCUT2D eigenvalue weighted by atomic mass is 32.2. The van der Waals surface area contributed by atoms with Crippen LogP contribution in [-0.2, 0) is 14.9 Å². The van der Waals surface area contributed by atoms with E-state index in [-0.39, 0.29) is 10.6 Å². The van der Waals surface area contributed by atoms with E-state index in [9.17, 15) is 13.2 Å². The lowest BCUT2D eigenvalue weighted by molar-refractivity contribution is -0.138. The van der Waals surface area contributed by atoms with Gasteiger partial charge in [-0.1, -0.05) is 30.3 Å². The standard InChI is InChI=1S/C15H14O5S/c1-11(15(16)17)12-7-9-13(10-8-12)20-21(18,19)14-5-3-2-4-6-14/h2-11H,1H3,(H,16,17)/t11-/m1/s1. The minimum atomic E-state index is -3.88. The summed E-state index contributed by atoms with van der Waals surface area (Å²) >= 11 is 0. The molecular weight excluding hydrogens is 292 g/mol. The number of hydrogen-bond acceptors (Lipinski definition) is 4.